The van der Waals surface area contributed by atoms with Gasteiger partial charge in [-0.2, -0.15) is 0 Å². The van der Waals surface area contributed by atoms with E-state index in [1.807, 2.05) is 0 Å². The van der Waals surface area contributed by atoms with Gasteiger partial charge in [0.15, 0.2) is 0 Å². The van der Waals surface area contributed by atoms with Gasteiger partial charge in [-0.15, -0.1) is 0 Å². The van der Waals surface area contributed by atoms with E-state index in [4.69, 9.17) is 0 Å². The molecule has 0 saturated heterocycles. The number of rotatable bonds is 2. The Morgan fingerprint density at radius 2 is 1.53 bits per heavy atom. The maximum Gasteiger partial charge on any atom is -0.00770 e. The van der Waals surface area contributed by atoms with Crippen LogP contribution in [0.2, 0.25) is 0 Å². The van der Waals surface area contributed by atoms with Crippen molar-refractivity contribution in [2.45, 2.75) is 20.8 Å². The molecule has 0 aliphatic rings. The van der Waals surface area contributed by atoms with Crippen LogP contribution in [0.1, 0.15) is 23.6 Å². The SMILES string of the molecule is C=C(C)c1cccc(C)c1-c1ccccc1C. The van der Waals surface area contributed by atoms with Crippen LogP contribution >= 0.6 is 0 Å². The van der Waals surface area contributed by atoms with Crippen molar-refractivity contribution >= 4 is 5.57 Å². The Morgan fingerprint density at radius 1 is 0.882 bits per heavy atom. The second-order valence-electron chi connectivity index (χ2n) is 4.59. The minimum Gasteiger partial charge on any atom is -0.0955 e. The molecule has 0 radical (unpaired) electrons. The zero-order chi connectivity index (χ0) is 12.4. The summed E-state index contributed by atoms with van der Waals surface area (Å²) in [5.41, 5.74) is 7.61. The minimum absolute atomic E-state index is 1.12. The molecular weight excluding hydrogens is 204 g/mol. The Hall–Kier alpha value is -1.82. The van der Waals surface area contributed by atoms with Crippen molar-refractivity contribution in [1.82, 2.24) is 0 Å². The summed E-state index contributed by atoms with van der Waals surface area (Å²) >= 11 is 0. The summed E-state index contributed by atoms with van der Waals surface area (Å²) in [6.07, 6.45) is 0. The van der Waals surface area contributed by atoms with Crippen molar-refractivity contribution in [2.75, 3.05) is 0 Å². The molecule has 0 aliphatic heterocycles. The van der Waals surface area contributed by atoms with Gasteiger partial charge in [-0.3, -0.25) is 0 Å². The lowest BCUT2D eigenvalue weighted by Crippen LogP contribution is -1.92. The standard InChI is InChI=1S/C17H18/c1-12(2)15-11-7-9-14(4)17(15)16-10-6-5-8-13(16)3/h5-11H,1H2,2-4H3. The van der Waals surface area contributed by atoms with Gasteiger partial charge in [0.2, 0.25) is 0 Å². The molecule has 0 heterocycles. The summed E-state index contributed by atoms with van der Waals surface area (Å²) in [6, 6.07) is 14.9. The molecule has 17 heavy (non-hydrogen) atoms. The van der Waals surface area contributed by atoms with Gasteiger partial charge in [0, 0.05) is 0 Å². The fourth-order valence-electron chi connectivity index (χ4n) is 2.23. The highest BCUT2D eigenvalue weighted by Crippen LogP contribution is 2.33. The molecule has 0 saturated carbocycles. The molecule has 0 aromatic heterocycles. The second-order valence-corrected chi connectivity index (χ2v) is 4.59. The van der Waals surface area contributed by atoms with Crippen LogP contribution in [0.25, 0.3) is 16.7 Å². The molecule has 2 aromatic carbocycles. The molecule has 0 spiro atoms. The average Bonchev–Trinajstić information content (AvgIpc) is 2.30. The highest BCUT2D eigenvalue weighted by molar-refractivity contribution is 5.83. The molecule has 0 fully saturated rings. The fraction of sp³-hybridized carbons (Fsp3) is 0.176. The normalized spacial score (nSPS) is 10.3. The van der Waals surface area contributed by atoms with Gasteiger partial charge in [0.05, 0.1) is 0 Å². The number of aryl methyl sites for hydroxylation is 2. The summed E-state index contributed by atoms with van der Waals surface area (Å²) < 4.78 is 0. The molecule has 0 heteroatoms. The van der Waals surface area contributed by atoms with Gasteiger partial charge in [-0.05, 0) is 48.6 Å². The van der Waals surface area contributed by atoms with Gasteiger partial charge in [0.25, 0.3) is 0 Å². The van der Waals surface area contributed by atoms with Crippen molar-refractivity contribution in [3.05, 3.63) is 65.7 Å². The summed E-state index contributed by atoms with van der Waals surface area (Å²) in [7, 11) is 0. The quantitative estimate of drug-likeness (QED) is 0.670. The minimum atomic E-state index is 1.12. The highest BCUT2D eigenvalue weighted by atomic mass is 14.1. The first kappa shape index (κ1) is 11.7. The molecule has 86 valence electrons. The average molecular weight is 222 g/mol. The maximum absolute atomic E-state index is 4.08. The molecule has 0 bridgehead atoms. The monoisotopic (exact) mass is 222 g/mol. The fourth-order valence-corrected chi connectivity index (χ4v) is 2.23. The van der Waals surface area contributed by atoms with E-state index in [9.17, 15) is 0 Å². The zero-order valence-electron chi connectivity index (χ0n) is 10.7. The second kappa shape index (κ2) is 4.58. The molecule has 0 N–H and O–H groups in total. The molecule has 2 rings (SSSR count). The summed E-state index contributed by atoms with van der Waals surface area (Å²) in [5.74, 6) is 0. The smallest absolute Gasteiger partial charge is 0.00770 e. The Bertz CT molecular complexity index is 562. The van der Waals surface area contributed by atoms with Gasteiger partial charge in [0.1, 0.15) is 0 Å². The van der Waals surface area contributed by atoms with Gasteiger partial charge >= 0.3 is 0 Å². The van der Waals surface area contributed by atoms with Crippen molar-refractivity contribution in [2.24, 2.45) is 0 Å². The van der Waals surface area contributed by atoms with Crippen LogP contribution in [-0.2, 0) is 0 Å². The van der Waals surface area contributed by atoms with Crippen molar-refractivity contribution in [3.8, 4) is 11.1 Å². The lowest BCUT2D eigenvalue weighted by Gasteiger charge is -2.15. The third kappa shape index (κ3) is 2.16. The van der Waals surface area contributed by atoms with E-state index in [1.165, 1.54) is 27.8 Å². The number of hydrogen-bond donors (Lipinski definition) is 0. The molecular formula is C17H18. The Labute approximate surface area is 104 Å². The van der Waals surface area contributed by atoms with E-state index in [-0.39, 0.29) is 0 Å². The maximum atomic E-state index is 4.08. The molecule has 0 atom stereocenters. The summed E-state index contributed by atoms with van der Waals surface area (Å²) in [4.78, 5) is 0. The van der Waals surface area contributed by atoms with Crippen molar-refractivity contribution in [1.29, 1.82) is 0 Å². The Kier molecular flexibility index (Phi) is 3.14. The van der Waals surface area contributed by atoms with Crippen LogP contribution in [0.5, 0.6) is 0 Å². The summed E-state index contributed by atoms with van der Waals surface area (Å²) in [5, 5.41) is 0. The van der Waals surface area contributed by atoms with E-state index >= 15 is 0 Å². The molecule has 2 aromatic rings. The van der Waals surface area contributed by atoms with Gasteiger partial charge in [-0.1, -0.05) is 54.6 Å². The molecule has 0 nitrogen and oxygen atoms in total. The van der Waals surface area contributed by atoms with E-state index in [0.717, 1.165) is 5.57 Å². The predicted molar refractivity (Wildman–Crippen MR) is 76.1 cm³/mol. The Morgan fingerprint density at radius 3 is 2.18 bits per heavy atom. The van der Waals surface area contributed by atoms with Crippen LogP contribution in [0.15, 0.2) is 49.0 Å². The first-order valence-electron chi connectivity index (χ1n) is 5.92. The number of allylic oxidation sites excluding steroid dienone is 1. The van der Waals surface area contributed by atoms with Crippen molar-refractivity contribution < 1.29 is 0 Å². The highest BCUT2D eigenvalue weighted by Gasteiger charge is 2.10. The van der Waals surface area contributed by atoms with Crippen LogP contribution in [-0.4, -0.2) is 0 Å². The first-order valence-corrected chi connectivity index (χ1v) is 5.92. The Balaban J connectivity index is 2.75. The van der Waals surface area contributed by atoms with Crippen molar-refractivity contribution in [3.63, 3.8) is 0 Å². The van der Waals surface area contributed by atoms with E-state index < -0.39 is 0 Å². The van der Waals surface area contributed by atoms with Crippen LogP contribution in [0.3, 0.4) is 0 Å². The molecule has 0 amide bonds. The van der Waals surface area contributed by atoms with Crippen LogP contribution in [0.4, 0.5) is 0 Å². The molecule has 0 aliphatic carbocycles. The van der Waals surface area contributed by atoms with Crippen LogP contribution < -0.4 is 0 Å². The largest absolute Gasteiger partial charge is 0.0955 e. The van der Waals surface area contributed by atoms with E-state index in [0.29, 0.717) is 0 Å². The third-order valence-electron chi connectivity index (χ3n) is 3.15. The number of hydrogen-bond acceptors (Lipinski definition) is 0. The van der Waals surface area contributed by atoms with Gasteiger partial charge < -0.3 is 0 Å². The topological polar surface area (TPSA) is 0 Å². The summed E-state index contributed by atoms with van der Waals surface area (Å²) in [6.45, 7) is 10.5. The van der Waals surface area contributed by atoms with Crippen LogP contribution in [0, 0.1) is 13.8 Å². The predicted octanol–water partition coefficient (Wildman–Crippen LogP) is 5.00. The third-order valence-corrected chi connectivity index (χ3v) is 3.15. The first-order chi connectivity index (χ1) is 8.11. The van der Waals surface area contributed by atoms with Gasteiger partial charge in [-0.25, -0.2) is 0 Å². The van der Waals surface area contributed by atoms with E-state index in [1.54, 1.807) is 0 Å². The zero-order valence-corrected chi connectivity index (χ0v) is 10.7. The lowest BCUT2D eigenvalue weighted by atomic mass is 9.90. The number of benzene rings is 2. The lowest BCUT2D eigenvalue weighted by molar-refractivity contribution is 1.39. The molecule has 0 unspecified atom stereocenters. The van der Waals surface area contributed by atoms with E-state index in [2.05, 4.69) is 69.8 Å².